The number of alkyl halides is 17. The minimum atomic E-state index is -8.63. The number of unbranched alkanes of at least 4 members (excludes halogenated alkanes) is 3. The van der Waals surface area contributed by atoms with E-state index in [2.05, 4.69) is 5.92 Å². The fraction of sp³-hybridized carbons (Fsp3) is 0.800. The molecule has 0 unspecified atom stereocenters. The second-order valence-electron chi connectivity index (χ2n) is 7.75. The third-order valence-corrected chi connectivity index (χ3v) is 4.81. The first-order valence-corrected chi connectivity index (χ1v) is 10.2. The highest BCUT2D eigenvalue weighted by Crippen LogP contribution is 2.64. The van der Waals surface area contributed by atoms with Crippen LogP contribution in [0, 0.1) is 11.8 Å². The van der Waals surface area contributed by atoms with E-state index in [0.29, 0.717) is 12.8 Å². The van der Waals surface area contributed by atoms with Crippen LogP contribution in [0.5, 0.6) is 0 Å². The van der Waals surface area contributed by atoms with E-state index in [0.717, 1.165) is 0 Å². The second kappa shape index (κ2) is 11.1. The van der Waals surface area contributed by atoms with Gasteiger partial charge in [-0.1, -0.05) is 38.5 Å². The molecule has 0 heterocycles. The molecule has 0 N–H and O–H groups in total. The van der Waals surface area contributed by atoms with Gasteiger partial charge in [-0.25, -0.2) is 0 Å². The SMILES string of the molecule is CCCCC#CC(=CC(F)(F)C(F)(F)C(F)(F)C(F)(F)C(F)(F)C(F)(F)C(F)(F)C(F)(F)F)CCCC. The zero-order valence-electron chi connectivity index (χ0n) is 18.7. The Labute approximate surface area is 199 Å². The molecule has 0 bridgehead atoms. The van der Waals surface area contributed by atoms with Gasteiger partial charge in [-0.05, 0) is 19.3 Å². The predicted molar refractivity (Wildman–Crippen MR) is 95.6 cm³/mol. The molecule has 0 aromatic heterocycles. The van der Waals surface area contributed by atoms with Crippen LogP contribution in [0.1, 0.15) is 52.4 Å². The van der Waals surface area contributed by atoms with E-state index in [9.17, 15) is 74.6 Å². The number of halogens is 17. The summed E-state index contributed by atoms with van der Waals surface area (Å²) in [5, 5.41) is 0. The van der Waals surface area contributed by atoms with Gasteiger partial charge in [0.15, 0.2) is 0 Å². The van der Waals surface area contributed by atoms with Crippen LogP contribution in [0.25, 0.3) is 0 Å². The summed E-state index contributed by atoms with van der Waals surface area (Å²) < 4.78 is 227. The van der Waals surface area contributed by atoms with E-state index in [1.807, 2.05) is 5.92 Å². The Morgan fingerprint density at radius 3 is 1.30 bits per heavy atom. The van der Waals surface area contributed by atoms with Crippen LogP contribution in [-0.4, -0.2) is 47.6 Å². The van der Waals surface area contributed by atoms with Crippen LogP contribution in [0.4, 0.5) is 74.6 Å². The molecule has 0 saturated heterocycles. The van der Waals surface area contributed by atoms with Crippen molar-refractivity contribution in [2.45, 2.75) is 100 Å². The Kier molecular flexibility index (Phi) is 10.5. The van der Waals surface area contributed by atoms with Crippen molar-refractivity contribution < 1.29 is 74.6 Å². The average Bonchev–Trinajstić information content (AvgIpc) is 2.72. The first-order chi connectivity index (χ1) is 16.2. The summed E-state index contributed by atoms with van der Waals surface area (Å²) >= 11 is 0. The van der Waals surface area contributed by atoms with Crippen molar-refractivity contribution in [3.05, 3.63) is 11.6 Å². The van der Waals surface area contributed by atoms with Gasteiger partial charge in [-0.2, -0.15) is 74.6 Å². The maximum absolute atomic E-state index is 14.1. The summed E-state index contributed by atoms with van der Waals surface area (Å²) in [4.78, 5) is 0. The van der Waals surface area contributed by atoms with Crippen molar-refractivity contribution in [2.24, 2.45) is 0 Å². The van der Waals surface area contributed by atoms with Crippen molar-refractivity contribution in [2.75, 3.05) is 0 Å². The minimum absolute atomic E-state index is 0.0368. The Bertz CT molecular complexity index is 852. The van der Waals surface area contributed by atoms with E-state index in [1.165, 1.54) is 6.92 Å². The summed E-state index contributed by atoms with van der Waals surface area (Å²) in [7, 11) is 0. The third kappa shape index (κ3) is 6.07. The average molecular weight is 582 g/mol. The van der Waals surface area contributed by atoms with Gasteiger partial charge < -0.3 is 0 Å². The second-order valence-corrected chi connectivity index (χ2v) is 7.75. The van der Waals surface area contributed by atoms with Gasteiger partial charge >= 0.3 is 47.6 Å². The number of hydrogen-bond acceptors (Lipinski definition) is 0. The van der Waals surface area contributed by atoms with E-state index < -0.39 is 65.7 Å². The molecule has 0 aromatic rings. The highest BCUT2D eigenvalue weighted by molar-refractivity contribution is 5.32. The first-order valence-electron chi connectivity index (χ1n) is 10.2. The zero-order chi connectivity index (χ0) is 29.9. The maximum Gasteiger partial charge on any atom is 0.460 e. The van der Waals surface area contributed by atoms with Gasteiger partial charge in [0, 0.05) is 18.1 Å². The largest absolute Gasteiger partial charge is 0.460 e. The molecule has 0 aliphatic heterocycles. The number of hydrogen-bond donors (Lipinski definition) is 0. The summed E-state index contributed by atoms with van der Waals surface area (Å²) in [6.45, 7) is 3.08. The molecule has 0 fully saturated rings. The monoisotopic (exact) mass is 582 g/mol. The van der Waals surface area contributed by atoms with Crippen LogP contribution in [0.2, 0.25) is 0 Å². The zero-order valence-corrected chi connectivity index (χ0v) is 18.7. The Morgan fingerprint density at radius 1 is 0.541 bits per heavy atom. The van der Waals surface area contributed by atoms with E-state index >= 15 is 0 Å². The molecule has 0 spiro atoms. The van der Waals surface area contributed by atoms with Crippen molar-refractivity contribution in [3.8, 4) is 11.8 Å². The van der Waals surface area contributed by atoms with Gasteiger partial charge in [0.05, 0.1) is 0 Å². The molecule has 37 heavy (non-hydrogen) atoms. The predicted octanol–water partition coefficient (Wildman–Crippen LogP) is 9.31. The molecule has 0 nitrogen and oxygen atoms in total. The Hall–Kier alpha value is -1.89. The van der Waals surface area contributed by atoms with Crippen molar-refractivity contribution in [1.82, 2.24) is 0 Å². The van der Waals surface area contributed by atoms with Gasteiger partial charge in [0.2, 0.25) is 0 Å². The van der Waals surface area contributed by atoms with Gasteiger partial charge in [-0.15, -0.1) is 0 Å². The lowest BCUT2D eigenvalue weighted by molar-refractivity contribution is -0.459. The van der Waals surface area contributed by atoms with Crippen molar-refractivity contribution in [1.29, 1.82) is 0 Å². The van der Waals surface area contributed by atoms with Gasteiger partial charge in [0.25, 0.3) is 0 Å². The smallest absolute Gasteiger partial charge is 0.195 e. The first kappa shape index (κ1) is 35.1. The molecule has 218 valence electrons. The van der Waals surface area contributed by atoms with Crippen LogP contribution in [0.3, 0.4) is 0 Å². The molecule has 0 radical (unpaired) electrons. The van der Waals surface area contributed by atoms with Crippen molar-refractivity contribution in [3.63, 3.8) is 0 Å². The lowest BCUT2D eigenvalue weighted by atomic mass is 9.88. The number of rotatable bonds is 12. The fourth-order valence-electron chi connectivity index (χ4n) is 2.46. The van der Waals surface area contributed by atoms with E-state index in [4.69, 9.17) is 0 Å². The maximum atomic E-state index is 14.1. The fourth-order valence-corrected chi connectivity index (χ4v) is 2.46. The van der Waals surface area contributed by atoms with Crippen LogP contribution >= 0.6 is 0 Å². The van der Waals surface area contributed by atoms with Crippen LogP contribution in [-0.2, 0) is 0 Å². The molecular formula is C20H19F17. The molecule has 17 heteroatoms. The highest BCUT2D eigenvalue weighted by Gasteiger charge is 2.95. The summed E-state index contributed by atoms with van der Waals surface area (Å²) in [5.74, 6) is -52.4. The molecule has 0 amide bonds. The molecule has 0 saturated carbocycles. The molecular weight excluding hydrogens is 563 g/mol. The van der Waals surface area contributed by atoms with Crippen LogP contribution < -0.4 is 0 Å². The highest BCUT2D eigenvalue weighted by atomic mass is 19.4. The van der Waals surface area contributed by atoms with Crippen LogP contribution in [0.15, 0.2) is 11.6 Å². The van der Waals surface area contributed by atoms with E-state index in [1.54, 1.807) is 6.92 Å². The van der Waals surface area contributed by atoms with Gasteiger partial charge in [0.1, 0.15) is 0 Å². The topological polar surface area (TPSA) is 0 Å². The third-order valence-electron chi connectivity index (χ3n) is 4.81. The molecule has 0 aromatic carbocycles. The Balaban J connectivity index is 6.80. The minimum Gasteiger partial charge on any atom is -0.195 e. The molecule has 0 aliphatic carbocycles. The summed E-state index contributed by atoms with van der Waals surface area (Å²) in [5.41, 5.74) is -1.07. The molecule has 0 atom stereocenters. The standard InChI is InChI=1S/C20H19F17/c1-3-5-7-8-10-12(9-6-4-2)11-13(21,22)14(23,24)15(25,26)16(27,28)17(29,30)18(31,32)19(33,34)20(35,36)37/h11H,3-7,9H2,1-2H3. The lowest BCUT2D eigenvalue weighted by Gasteiger charge is -2.42. The van der Waals surface area contributed by atoms with E-state index in [-0.39, 0.29) is 19.3 Å². The molecule has 0 aliphatic rings. The van der Waals surface area contributed by atoms with Gasteiger partial charge in [-0.3, -0.25) is 0 Å². The summed E-state index contributed by atoms with van der Waals surface area (Å²) in [6, 6.07) is 0. The summed E-state index contributed by atoms with van der Waals surface area (Å²) in [6.07, 6.45) is -8.66. The number of allylic oxidation sites excluding steroid dienone is 2. The lowest BCUT2D eigenvalue weighted by Crippen LogP contribution is -2.74. The van der Waals surface area contributed by atoms with Crippen molar-refractivity contribution >= 4 is 0 Å². The normalized spacial score (nSPS) is 15.5. The Morgan fingerprint density at radius 2 is 0.919 bits per heavy atom. The molecule has 0 rings (SSSR count). The quantitative estimate of drug-likeness (QED) is 0.122.